The van der Waals surface area contributed by atoms with Crippen LogP contribution in [0.15, 0.2) is 18.2 Å². The van der Waals surface area contributed by atoms with Gasteiger partial charge < -0.3 is 9.64 Å². The van der Waals surface area contributed by atoms with Gasteiger partial charge >= 0.3 is 0 Å². The summed E-state index contributed by atoms with van der Waals surface area (Å²) in [6.45, 7) is 3.68. The average molecular weight is 299 g/mol. The summed E-state index contributed by atoms with van der Waals surface area (Å²) in [5.41, 5.74) is 3.27. The third-order valence-corrected chi connectivity index (χ3v) is 6.30. The van der Waals surface area contributed by atoms with Crippen LogP contribution in [0.25, 0.3) is 0 Å². The Kier molecular flexibility index (Phi) is 3.39. The Morgan fingerprint density at radius 3 is 3.09 bits per heavy atom. The average Bonchev–Trinajstić information content (AvgIpc) is 2.56. The van der Waals surface area contributed by atoms with Gasteiger partial charge in [0.2, 0.25) is 6.41 Å². The molecule has 1 aliphatic heterocycles. The zero-order valence-corrected chi connectivity index (χ0v) is 13.4. The summed E-state index contributed by atoms with van der Waals surface area (Å²) in [5.74, 6) is 1.65. The molecule has 0 radical (unpaired) electrons. The Balaban J connectivity index is 1.82. The molecule has 0 aromatic heterocycles. The second kappa shape index (κ2) is 5.29. The molecule has 1 aromatic carbocycles. The highest BCUT2D eigenvalue weighted by molar-refractivity contribution is 5.52. The lowest BCUT2D eigenvalue weighted by Gasteiger charge is -2.58. The Bertz CT molecular complexity index is 585. The van der Waals surface area contributed by atoms with Crippen molar-refractivity contribution in [2.75, 3.05) is 13.2 Å². The predicted octanol–water partition coefficient (Wildman–Crippen LogP) is 3.30. The molecular formula is C19H25NO2. The van der Waals surface area contributed by atoms with Gasteiger partial charge in [-0.3, -0.25) is 4.79 Å². The largest absolute Gasteiger partial charge is 0.494 e. The fourth-order valence-electron chi connectivity index (χ4n) is 5.40. The molecule has 1 saturated carbocycles. The SMILES string of the molecule is CCOc1ccc2c(c1)[C@]13CCCCC1[C@H](C2)N(C=O)CC3. The van der Waals surface area contributed by atoms with Crippen LogP contribution in [0.5, 0.6) is 5.75 Å². The van der Waals surface area contributed by atoms with E-state index in [2.05, 4.69) is 23.1 Å². The van der Waals surface area contributed by atoms with E-state index >= 15 is 0 Å². The van der Waals surface area contributed by atoms with Crippen molar-refractivity contribution < 1.29 is 9.53 Å². The topological polar surface area (TPSA) is 29.5 Å². The van der Waals surface area contributed by atoms with Crippen LogP contribution in [0, 0.1) is 5.92 Å². The predicted molar refractivity (Wildman–Crippen MR) is 86.1 cm³/mol. The van der Waals surface area contributed by atoms with Gasteiger partial charge in [-0.25, -0.2) is 0 Å². The molecule has 3 nitrogen and oxygen atoms in total. The molecule has 2 fully saturated rings. The van der Waals surface area contributed by atoms with Crippen molar-refractivity contribution in [2.24, 2.45) is 5.92 Å². The third-order valence-electron chi connectivity index (χ3n) is 6.30. The molecule has 2 aliphatic carbocycles. The van der Waals surface area contributed by atoms with Gasteiger partial charge in [0.1, 0.15) is 5.75 Å². The van der Waals surface area contributed by atoms with Gasteiger partial charge in [-0.2, -0.15) is 0 Å². The fraction of sp³-hybridized carbons (Fsp3) is 0.632. The molecule has 1 saturated heterocycles. The molecule has 118 valence electrons. The summed E-state index contributed by atoms with van der Waals surface area (Å²) >= 11 is 0. The van der Waals surface area contributed by atoms with E-state index in [1.165, 1.54) is 36.8 Å². The molecular weight excluding hydrogens is 274 g/mol. The summed E-state index contributed by atoms with van der Waals surface area (Å²) in [6.07, 6.45) is 8.42. The molecule has 1 unspecified atom stereocenters. The van der Waals surface area contributed by atoms with Crippen LogP contribution < -0.4 is 4.74 Å². The molecule has 2 bridgehead atoms. The first-order valence-corrected chi connectivity index (χ1v) is 8.76. The number of benzene rings is 1. The number of rotatable bonds is 3. The fourth-order valence-corrected chi connectivity index (χ4v) is 5.40. The van der Waals surface area contributed by atoms with Gasteiger partial charge in [0.15, 0.2) is 0 Å². The van der Waals surface area contributed by atoms with Crippen molar-refractivity contribution in [3.63, 3.8) is 0 Å². The van der Waals surface area contributed by atoms with Gasteiger partial charge in [0.25, 0.3) is 0 Å². The summed E-state index contributed by atoms with van der Waals surface area (Å²) < 4.78 is 5.76. The van der Waals surface area contributed by atoms with Crippen LogP contribution in [-0.4, -0.2) is 30.5 Å². The van der Waals surface area contributed by atoms with Crippen LogP contribution in [0.3, 0.4) is 0 Å². The Morgan fingerprint density at radius 1 is 1.36 bits per heavy atom. The number of fused-ring (bicyclic) bond motifs is 1. The summed E-state index contributed by atoms with van der Waals surface area (Å²) in [5, 5.41) is 0. The highest BCUT2D eigenvalue weighted by Crippen LogP contribution is 2.55. The second-order valence-electron chi connectivity index (χ2n) is 7.13. The number of ether oxygens (including phenoxy) is 1. The number of piperidine rings is 1. The number of likely N-dealkylation sites (tertiary alicyclic amines) is 1. The minimum absolute atomic E-state index is 0.295. The normalized spacial score (nSPS) is 32.9. The maximum Gasteiger partial charge on any atom is 0.209 e. The zero-order valence-electron chi connectivity index (χ0n) is 13.4. The first kappa shape index (κ1) is 14.1. The molecule has 3 heteroatoms. The Morgan fingerprint density at radius 2 is 2.27 bits per heavy atom. The van der Waals surface area contributed by atoms with E-state index in [0.29, 0.717) is 17.4 Å². The molecule has 22 heavy (non-hydrogen) atoms. The first-order valence-electron chi connectivity index (χ1n) is 8.76. The smallest absolute Gasteiger partial charge is 0.209 e. The van der Waals surface area contributed by atoms with Crippen LogP contribution in [0.4, 0.5) is 0 Å². The number of hydrogen-bond acceptors (Lipinski definition) is 2. The van der Waals surface area contributed by atoms with Crippen molar-refractivity contribution in [3.05, 3.63) is 29.3 Å². The van der Waals surface area contributed by atoms with E-state index in [0.717, 1.165) is 38.2 Å². The van der Waals surface area contributed by atoms with Gasteiger partial charge in [-0.15, -0.1) is 0 Å². The molecule has 0 spiro atoms. The number of carbonyl (C=O) groups excluding carboxylic acids is 1. The number of carbonyl (C=O) groups is 1. The van der Waals surface area contributed by atoms with Crippen LogP contribution in [0.1, 0.15) is 50.2 Å². The second-order valence-corrected chi connectivity index (χ2v) is 7.13. The lowest BCUT2D eigenvalue weighted by atomic mass is 9.52. The van der Waals surface area contributed by atoms with E-state index in [1.807, 2.05) is 6.92 Å². The summed E-state index contributed by atoms with van der Waals surface area (Å²) in [7, 11) is 0. The van der Waals surface area contributed by atoms with Gasteiger partial charge in [0, 0.05) is 18.0 Å². The monoisotopic (exact) mass is 299 g/mol. The van der Waals surface area contributed by atoms with Crippen LogP contribution in [0.2, 0.25) is 0 Å². The summed E-state index contributed by atoms with van der Waals surface area (Å²) in [4.78, 5) is 13.6. The quantitative estimate of drug-likeness (QED) is 0.802. The highest BCUT2D eigenvalue weighted by Gasteiger charge is 2.53. The standard InChI is InChI=1S/C19H25NO2/c1-2-22-15-7-6-14-11-18-16-5-3-4-8-19(16,17(14)12-15)9-10-20(18)13-21/h6-7,12-13,16,18H,2-5,8-11H2,1H3/t16?,18-,19-/m0/s1. The minimum Gasteiger partial charge on any atom is -0.494 e. The van der Waals surface area contributed by atoms with Crippen molar-refractivity contribution >= 4 is 6.41 Å². The number of nitrogens with zero attached hydrogens (tertiary/aromatic N) is 1. The van der Waals surface area contributed by atoms with Crippen LogP contribution in [-0.2, 0) is 16.6 Å². The maximum atomic E-state index is 11.5. The summed E-state index contributed by atoms with van der Waals surface area (Å²) in [6, 6.07) is 7.07. The lowest BCUT2D eigenvalue weighted by Crippen LogP contribution is -2.60. The molecule has 3 atom stereocenters. The zero-order chi connectivity index (χ0) is 15.2. The number of hydrogen-bond donors (Lipinski definition) is 0. The molecule has 1 amide bonds. The van der Waals surface area contributed by atoms with E-state index in [1.54, 1.807) is 0 Å². The molecule has 0 N–H and O–H groups in total. The van der Waals surface area contributed by atoms with E-state index in [4.69, 9.17) is 4.74 Å². The van der Waals surface area contributed by atoms with Crippen molar-refractivity contribution in [3.8, 4) is 5.75 Å². The van der Waals surface area contributed by atoms with Crippen LogP contribution >= 0.6 is 0 Å². The van der Waals surface area contributed by atoms with Crippen molar-refractivity contribution in [2.45, 2.75) is 56.9 Å². The number of amides is 1. The van der Waals surface area contributed by atoms with Gasteiger partial charge in [0.05, 0.1) is 6.61 Å². The molecule has 4 rings (SSSR count). The van der Waals surface area contributed by atoms with E-state index < -0.39 is 0 Å². The van der Waals surface area contributed by atoms with Gasteiger partial charge in [-0.05, 0) is 61.8 Å². The van der Waals surface area contributed by atoms with E-state index in [-0.39, 0.29) is 0 Å². The lowest BCUT2D eigenvalue weighted by molar-refractivity contribution is -0.126. The molecule has 3 aliphatic rings. The van der Waals surface area contributed by atoms with Gasteiger partial charge in [-0.1, -0.05) is 18.9 Å². The van der Waals surface area contributed by atoms with Crippen molar-refractivity contribution in [1.82, 2.24) is 4.90 Å². The van der Waals surface area contributed by atoms with E-state index in [9.17, 15) is 4.79 Å². The first-order chi connectivity index (χ1) is 10.8. The molecule has 1 heterocycles. The Labute approximate surface area is 132 Å². The molecule has 1 aromatic rings. The third kappa shape index (κ3) is 1.90. The maximum absolute atomic E-state index is 11.5. The highest BCUT2D eigenvalue weighted by atomic mass is 16.5. The minimum atomic E-state index is 0.295. The van der Waals surface area contributed by atoms with Crippen molar-refractivity contribution in [1.29, 1.82) is 0 Å². The Hall–Kier alpha value is -1.51.